The van der Waals surface area contributed by atoms with E-state index in [1.165, 1.54) is 6.08 Å². The molecule has 0 aromatic heterocycles. The predicted molar refractivity (Wildman–Crippen MR) is 67.3 cm³/mol. The van der Waals surface area contributed by atoms with Crippen LogP contribution in [0, 0.1) is 0 Å². The summed E-state index contributed by atoms with van der Waals surface area (Å²) >= 11 is 0. The van der Waals surface area contributed by atoms with E-state index in [2.05, 4.69) is 4.74 Å². The van der Waals surface area contributed by atoms with Gasteiger partial charge in [0.1, 0.15) is 24.4 Å². The van der Waals surface area contributed by atoms with E-state index < -0.39 is 43.3 Å². The number of esters is 1. The van der Waals surface area contributed by atoms with Crippen LogP contribution < -0.4 is 0 Å². The van der Waals surface area contributed by atoms with E-state index in [4.69, 9.17) is 10.2 Å². The smallest absolute Gasteiger partial charge is 0.332 e. The highest BCUT2D eigenvalue weighted by Gasteiger charge is 2.35. The quantitative estimate of drug-likeness (QED) is 0.157. The van der Waals surface area contributed by atoms with Gasteiger partial charge in [-0.15, -0.1) is 0 Å². The molecule has 0 spiro atoms. The maximum absolute atomic E-state index is 11.2. The number of carbonyl (C=O) groups is 1. The molecule has 0 saturated heterocycles. The SMILES string of the molecule is CCC/C=C/C(=O)OC(O)[C@H](O)[C@H](O)[C@H](O)[C@@H](O)CO. The number of ether oxygens (including phenoxy) is 1. The third kappa shape index (κ3) is 6.42. The minimum absolute atomic E-state index is 0.637. The van der Waals surface area contributed by atoms with Crippen LogP contribution in [0.25, 0.3) is 0 Å². The van der Waals surface area contributed by atoms with E-state index in [1.54, 1.807) is 0 Å². The Labute approximate surface area is 116 Å². The molecular weight excluding hydrogens is 272 g/mol. The summed E-state index contributed by atoms with van der Waals surface area (Å²) in [6.07, 6.45) is -5.69. The Kier molecular flexibility index (Phi) is 9.30. The first-order chi connectivity index (χ1) is 9.34. The van der Waals surface area contributed by atoms with E-state index >= 15 is 0 Å². The third-order valence-corrected chi connectivity index (χ3v) is 2.52. The lowest BCUT2D eigenvalue weighted by molar-refractivity contribution is -0.210. The average molecular weight is 294 g/mol. The van der Waals surface area contributed by atoms with E-state index in [0.717, 1.165) is 12.5 Å². The zero-order valence-corrected chi connectivity index (χ0v) is 11.2. The predicted octanol–water partition coefficient (Wildman–Crippen LogP) is -2.36. The van der Waals surface area contributed by atoms with Crippen molar-refractivity contribution in [3.63, 3.8) is 0 Å². The number of hydrogen-bond acceptors (Lipinski definition) is 8. The van der Waals surface area contributed by atoms with Crippen LogP contribution in [0.15, 0.2) is 12.2 Å². The Morgan fingerprint density at radius 1 is 1.10 bits per heavy atom. The summed E-state index contributed by atoms with van der Waals surface area (Å²) in [7, 11) is 0. The first-order valence-electron chi connectivity index (χ1n) is 6.23. The fourth-order valence-corrected chi connectivity index (χ4v) is 1.28. The zero-order chi connectivity index (χ0) is 15.7. The van der Waals surface area contributed by atoms with Crippen LogP contribution in [0.5, 0.6) is 0 Å². The molecule has 0 aromatic carbocycles. The molecule has 118 valence electrons. The Bertz CT molecular complexity index is 306. The molecule has 20 heavy (non-hydrogen) atoms. The van der Waals surface area contributed by atoms with Crippen molar-refractivity contribution < 1.29 is 40.2 Å². The van der Waals surface area contributed by atoms with Gasteiger partial charge in [-0.2, -0.15) is 0 Å². The summed E-state index contributed by atoms with van der Waals surface area (Å²) in [5.41, 5.74) is 0. The Hall–Kier alpha value is -1.03. The van der Waals surface area contributed by atoms with Gasteiger partial charge in [-0.1, -0.05) is 19.4 Å². The normalized spacial score (nSPS) is 19.4. The molecule has 1 unspecified atom stereocenters. The van der Waals surface area contributed by atoms with Crippen LogP contribution in [0.4, 0.5) is 0 Å². The highest BCUT2D eigenvalue weighted by atomic mass is 16.6. The van der Waals surface area contributed by atoms with Crippen molar-refractivity contribution in [3.8, 4) is 0 Å². The van der Waals surface area contributed by atoms with Crippen molar-refractivity contribution in [2.45, 2.75) is 50.5 Å². The molecular formula is C12H22O8. The Morgan fingerprint density at radius 3 is 2.20 bits per heavy atom. The average Bonchev–Trinajstić information content (AvgIpc) is 2.44. The van der Waals surface area contributed by atoms with E-state index in [1.807, 2.05) is 6.92 Å². The third-order valence-electron chi connectivity index (χ3n) is 2.52. The van der Waals surface area contributed by atoms with Gasteiger partial charge in [0, 0.05) is 6.08 Å². The van der Waals surface area contributed by atoms with Crippen molar-refractivity contribution in [3.05, 3.63) is 12.2 Å². The molecule has 8 heteroatoms. The molecule has 0 bridgehead atoms. The van der Waals surface area contributed by atoms with E-state index in [9.17, 15) is 25.2 Å². The summed E-state index contributed by atoms with van der Waals surface area (Å²) in [6.45, 7) is 1.05. The van der Waals surface area contributed by atoms with Gasteiger partial charge in [-0.3, -0.25) is 0 Å². The van der Waals surface area contributed by atoms with Crippen LogP contribution in [0.1, 0.15) is 19.8 Å². The molecule has 0 fully saturated rings. The fourth-order valence-electron chi connectivity index (χ4n) is 1.28. The number of aliphatic hydroxyl groups is 6. The molecule has 0 rings (SSSR count). The topological polar surface area (TPSA) is 148 Å². The van der Waals surface area contributed by atoms with Crippen molar-refractivity contribution in [1.82, 2.24) is 0 Å². The zero-order valence-electron chi connectivity index (χ0n) is 11.2. The van der Waals surface area contributed by atoms with Gasteiger partial charge >= 0.3 is 5.97 Å². The number of aliphatic hydroxyl groups excluding tert-OH is 6. The molecule has 0 saturated carbocycles. The molecule has 0 aliphatic carbocycles. The lowest BCUT2D eigenvalue weighted by Gasteiger charge is -2.27. The van der Waals surface area contributed by atoms with Crippen LogP contribution >= 0.6 is 0 Å². The second-order valence-electron chi connectivity index (χ2n) is 4.24. The molecule has 0 heterocycles. The Morgan fingerprint density at radius 2 is 1.70 bits per heavy atom. The standard InChI is InChI=1S/C12H22O8/c1-2-3-4-5-8(15)20-12(19)11(18)10(17)9(16)7(14)6-13/h4-5,7,9-14,16-19H,2-3,6H2,1H3/b5-4+/t7-,9+,10+,11+,12?/m0/s1. The molecule has 0 aliphatic heterocycles. The van der Waals surface area contributed by atoms with Crippen molar-refractivity contribution in [2.24, 2.45) is 0 Å². The van der Waals surface area contributed by atoms with Crippen LogP contribution in [-0.2, 0) is 9.53 Å². The maximum atomic E-state index is 11.2. The lowest BCUT2D eigenvalue weighted by atomic mass is 10.0. The second kappa shape index (κ2) is 9.81. The largest absolute Gasteiger partial charge is 0.430 e. The number of unbranched alkanes of at least 4 members (excludes halogenated alkanes) is 1. The fraction of sp³-hybridized carbons (Fsp3) is 0.750. The van der Waals surface area contributed by atoms with Crippen molar-refractivity contribution in [1.29, 1.82) is 0 Å². The van der Waals surface area contributed by atoms with E-state index in [-0.39, 0.29) is 0 Å². The molecule has 0 aliphatic rings. The number of rotatable bonds is 9. The highest BCUT2D eigenvalue weighted by Crippen LogP contribution is 2.09. The molecule has 6 N–H and O–H groups in total. The first-order valence-corrected chi connectivity index (χ1v) is 6.23. The highest BCUT2D eigenvalue weighted by molar-refractivity contribution is 5.81. The minimum Gasteiger partial charge on any atom is -0.430 e. The second-order valence-corrected chi connectivity index (χ2v) is 4.24. The van der Waals surface area contributed by atoms with Gasteiger partial charge in [0.15, 0.2) is 0 Å². The van der Waals surface area contributed by atoms with Crippen LogP contribution in [0.3, 0.4) is 0 Å². The number of allylic oxidation sites excluding steroid dienone is 1. The monoisotopic (exact) mass is 294 g/mol. The molecule has 8 nitrogen and oxygen atoms in total. The summed E-state index contributed by atoms with van der Waals surface area (Å²) in [4.78, 5) is 11.2. The van der Waals surface area contributed by atoms with Crippen LogP contribution in [-0.4, -0.2) is 73.9 Å². The molecule has 5 atom stereocenters. The lowest BCUT2D eigenvalue weighted by Crippen LogP contribution is -2.50. The van der Waals surface area contributed by atoms with Gasteiger partial charge < -0.3 is 35.4 Å². The van der Waals surface area contributed by atoms with Crippen molar-refractivity contribution >= 4 is 5.97 Å². The van der Waals surface area contributed by atoms with Gasteiger partial charge in [0.05, 0.1) is 6.61 Å². The number of carbonyl (C=O) groups excluding carboxylic acids is 1. The van der Waals surface area contributed by atoms with Crippen LogP contribution in [0.2, 0.25) is 0 Å². The maximum Gasteiger partial charge on any atom is 0.332 e. The molecule has 0 radical (unpaired) electrons. The van der Waals surface area contributed by atoms with E-state index in [0.29, 0.717) is 6.42 Å². The first kappa shape index (κ1) is 19.0. The van der Waals surface area contributed by atoms with Gasteiger partial charge in [0.25, 0.3) is 0 Å². The summed E-state index contributed by atoms with van der Waals surface area (Å²) in [5, 5.41) is 55.3. The summed E-state index contributed by atoms with van der Waals surface area (Å²) < 4.78 is 4.41. The summed E-state index contributed by atoms with van der Waals surface area (Å²) in [5.74, 6) is -0.922. The minimum atomic E-state index is -2.08. The Balaban J connectivity index is 4.39. The van der Waals surface area contributed by atoms with Gasteiger partial charge in [0.2, 0.25) is 6.29 Å². The number of hydrogen-bond donors (Lipinski definition) is 6. The molecule has 0 aromatic rings. The van der Waals surface area contributed by atoms with Crippen molar-refractivity contribution in [2.75, 3.05) is 6.61 Å². The van der Waals surface area contributed by atoms with Gasteiger partial charge in [-0.05, 0) is 6.42 Å². The van der Waals surface area contributed by atoms with Gasteiger partial charge in [-0.25, -0.2) is 4.79 Å². The molecule has 0 amide bonds. The summed E-state index contributed by atoms with van der Waals surface area (Å²) in [6, 6.07) is 0.